The van der Waals surface area contributed by atoms with Crippen LogP contribution in [-0.2, 0) is 4.79 Å². The van der Waals surface area contributed by atoms with Crippen molar-refractivity contribution in [3.8, 4) is 0 Å². The van der Waals surface area contributed by atoms with Gasteiger partial charge in [0, 0.05) is 25.6 Å². The van der Waals surface area contributed by atoms with Gasteiger partial charge in [0.25, 0.3) is 0 Å². The molecule has 1 rings (SSSR count). The van der Waals surface area contributed by atoms with Crippen molar-refractivity contribution < 1.29 is 4.79 Å². The van der Waals surface area contributed by atoms with Crippen molar-refractivity contribution in [3.63, 3.8) is 0 Å². The van der Waals surface area contributed by atoms with Crippen LogP contribution in [0, 0.1) is 0 Å². The van der Waals surface area contributed by atoms with Crippen molar-refractivity contribution in [1.29, 1.82) is 0 Å². The van der Waals surface area contributed by atoms with E-state index < -0.39 is 0 Å². The number of hydrogen-bond acceptors (Lipinski definition) is 2. The van der Waals surface area contributed by atoms with Crippen molar-refractivity contribution in [3.05, 3.63) is 49.0 Å². The molecule has 0 aromatic heterocycles. The zero-order chi connectivity index (χ0) is 11.8. The first-order valence-electron chi connectivity index (χ1n) is 5.41. The van der Waals surface area contributed by atoms with E-state index in [4.69, 9.17) is 0 Å². The SMILES string of the molecule is C=CC(=O)N/C=C/N(C)/C=C1\C=CCCC1. The Balaban J connectivity index is 2.42. The van der Waals surface area contributed by atoms with Crippen molar-refractivity contribution in [2.24, 2.45) is 0 Å². The van der Waals surface area contributed by atoms with Crippen LogP contribution < -0.4 is 5.32 Å². The van der Waals surface area contributed by atoms with E-state index in [1.165, 1.54) is 24.5 Å². The molecule has 0 heterocycles. The molecule has 1 aliphatic carbocycles. The molecule has 1 amide bonds. The van der Waals surface area contributed by atoms with Gasteiger partial charge in [-0.3, -0.25) is 4.79 Å². The molecular formula is C13H18N2O. The Morgan fingerprint density at radius 1 is 1.62 bits per heavy atom. The van der Waals surface area contributed by atoms with Crippen LogP contribution in [0.1, 0.15) is 19.3 Å². The zero-order valence-electron chi connectivity index (χ0n) is 9.65. The van der Waals surface area contributed by atoms with Crippen LogP contribution in [0.15, 0.2) is 49.0 Å². The minimum Gasteiger partial charge on any atom is -0.356 e. The smallest absolute Gasteiger partial charge is 0.247 e. The van der Waals surface area contributed by atoms with Crippen LogP contribution in [0.4, 0.5) is 0 Å². The first-order chi connectivity index (χ1) is 7.72. The summed E-state index contributed by atoms with van der Waals surface area (Å²) in [7, 11) is 1.94. The quantitative estimate of drug-likeness (QED) is 0.734. The third kappa shape index (κ3) is 4.64. The van der Waals surface area contributed by atoms with E-state index >= 15 is 0 Å². The van der Waals surface area contributed by atoms with Crippen molar-refractivity contribution in [2.45, 2.75) is 19.3 Å². The maximum Gasteiger partial charge on any atom is 0.247 e. The van der Waals surface area contributed by atoms with Crippen molar-refractivity contribution in [1.82, 2.24) is 10.2 Å². The second-order valence-corrected chi connectivity index (χ2v) is 3.69. The van der Waals surface area contributed by atoms with E-state index in [9.17, 15) is 4.79 Å². The van der Waals surface area contributed by atoms with Gasteiger partial charge in [-0.25, -0.2) is 0 Å². The lowest BCUT2D eigenvalue weighted by atomic mass is 10.0. The highest BCUT2D eigenvalue weighted by Crippen LogP contribution is 2.16. The molecule has 0 spiro atoms. The third-order valence-electron chi connectivity index (χ3n) is 2.26. The van der Waals surface area contributed by atoms with Crippen LogP contribution in [0.3, 0.4) is 0 Å². The predicted molar refractivity (Wildman–Crippen MR) is 66.3 cm³/mol. The fourth-order valence-corrected chi connectivity index (χ4v) is 1.45. The minimum atomic E-state index is -0.199. The molecule has 0 saturated heterocycles. The fourth-order valence-electron chi connectivity index (χ4n) is 1.45. The maximum atomic E-state index is 10.9. The number of rotatable bonds is 4. The highest BCUT2D eigenvalue weighted by atomic mass is 16.1. The van der Waals surface area contributed by atoms with Gasteiger partial charge in [0.2, 0.25) is 5.91 Å². The van der Waals surface area contributed by atoms with Gasteiger partial charge in [0.1, 0.15) is 0 Å². The normalized spacial score (nSPS) is 17.7. The Labute approximate surface area is 96.8 Å². The van der Waals surface area contributed by atoms with Crippen LogP contribution >= 0.6 is 0 Å². The molecule has 86 valence electrons. The lowest BCUT2D eigenvalue weighted by Gasteiger charge is -2.12. The molecule has 3 heteroatoms. The summed E-state index contributed by atoms with van der Waals surface area (Å²) in [6.07, 6.45) is 14.6. The topological polar surface area (TPSA) is 32.3 Å². The summed E-state index contributed by atoms with van der Waals surface area (Å²) in [4.78, 5) is 12.8. The van der Waals surface area contributed by atoms with Crippen LogP contribution in [0.2, 0.25) is 0 Å². The predicted octanol–water partition coefficient (Wildman–Crippen LogP) is 2.32. The first kappa shape index (κ1) is 12.3. The zero-order valence-corrected chi connectivity index (χ0v) is 9.65. The van der Waals surface area contributed by atoms with E-state index in [1.807, 2.05) is 11.9 Å². The summed E-state index contributed by atoms with van der Waals surface area (Å²) in [5.74, 6) is -0.199. The average Bonchev–Trinajstić information content (AvgIpc) is 2.30. The Morgan fingerprint density at radius 3 is 3.06 bits per heavy atom. The van der Waals surface area contributed by atoms with Gasteiger partial charge in [-0.1, -0.05) is 18.7 Å². The standard InChI is InChI=1S/C13H18N2O/c1-3-13(16)14-9-10-15(2)11-12-7-5-4-6-8-12/h3,5,7,9-11H,1,4,6,8H2,2H3,(H,14,16)/b10-9+,12-11+. The molecule has 16 heavy (non-hydrogen) atoms. The summed E-state index contributed by atoms with van der Waals surface area (Å²) in [6.45, 7) is 3.37. The molecule has 0 atom stereocenters. The van der Waals surface area contributed by atoms with Gasteiger partial charge in [-0.2, -0.15) is 0 Å². The van der Waals surface area contributed by atoms with Gasteiger partial charge in [0.05, 0.1) is 0 Å². The Morgan fingerprint density at radius 2 is 2.44 bits per heavy atom. The molecule has 0 saturated carbocycles. The lowest BCUT2D eigenvalue weighted by molar-refractivity contribution is -0.115. The Bertz CT molecular complexity index is 340. The maximum absolute atomic E-state index is 10.9. The van der Waals surface area contributed by atoms with Crippen LogP contribution in [-0.4, -0.2) is 17.9 Å². The van der Waals surface area contributed by atoms with E-state index in [1.54, 1.807) is 12.4 Å². The fraction of sp³-hybridized carbons (Fsp3) is 0.308. The lowest BCUT2D eigenvalue weighted by Crippen LogP contribution is -2.14. The largest absolute Gasteiger partial charge is 0.356 e. The summed E-state index contributed by atoms with van der Waals surface area (Å²) >= 11 is 0. The van der Waals surface area contributed by atoms with Crippen LogP contribution in [0.25, 0.3) is 0 Å². The highest BCUT2D eigenvalue weighted by Gasteiger charge is 1.98. The highest BCUT2D eigenvalue weighted by molar-refractivity contribution is 5.87. The molecule has 0 unspecified atom stereocenters. The van der Waals surface area contributed by atoms with Gasteiger partial charge < -0.3 is 10.2 Å². The summed E-state index contributed by atoms with van der Waals surface area (Å²) in [6, 6.07) is 0. The molecule has 0 radical (unpaired) electrons. The molecular weight excluding hydrogens is 200 g/mol. The van der Waals surface area contributed by atoms with Gasteiger partial charge in [-0.15, -0.1) is 0 Å². The number of carbonyl (C=O) groups is 1. The van der Waals surface area contributed by atoms with Gasteiger partial charge in [-0.05, 0) is 30.9 Å². The van der Waals surface area contributed by atoms with E-state index in [2.05, 4.69) is 30.2 Å². The molecule has 0 aromatic carbocycles. The first-order valence-corrected chi connectivity index (χ1v) is 5.41. The average molecular weight is 218 g/mol. The minimum absolute atomic E-state index is 0.199. The van der Waals surface area contributed by atoms with Gasteiger partial charge in [0.15, 0.2) is 0 Å². The molecule has 0 bridgehead atoms. The number of hydrogen-bond donors (Lipinski definition) is 1. The summed E-state index contributed by atoms with van der Waals surface area (Å²) in [5, 5.41) is 2.57. The molecule has 0 fully saturated rings. The Hall–Kier alpha value is -1.77. The number of nitrogens with zero attached hydrogens (tertiary/aromatic N) is 1. The third-order valence-corrected chi connectivity index (χ3v) is 2.26. The number of allylic oxidation sites excluding steroid dienone is 3. The van der Waals surface area contributed by atoms with Crippen molar-refractivity contribution >= 4 is 5.91 Å². The number of nitrogens with one attached hydrogen (secondary N) is 1. The summed E-state index contributed by atoms with van der Waals surface area (Å²) in [5.41, 5.74) is 1.31. The van der Waals surface area contributed by atoms with Crippen LogP contribution in [0.5, 0.6) is 0 Å². The summed E-state index contributed by atoms with van der Waals surface area (Å²) < 4.78 is 0. The second kappa shape index (κ2) is 6.67. The molecule has 1 aliphatic rings. The number of amides is 1. The van der Waals surface area contributed by atoms with Crippen molar-refractivity contribution in [2.75, 3.05) is 7.05 Å². The number of carbonyl (C=O) groups excluding carboxylic acids is 1. The second-order valence-electron chi connectivity index (χ2n) is 3.69. The Kier molecular flexibility index (Phi) is 5.12. The molecule has 1 N–H and O–H groups in total. The molecule has 0 aromatic rings. The van der Waals surface area contributed by atoms with E-state index in [0.29, 0.717) is 0 Å². The molecule has 3 nitrogen and oxygen atoms in total. The van der Waals surface area contributed by atoms with Gasteiger partial charge >= 0.3 is 0 Å². The molecule has 0 aliphatic heterocycles. The monoisotopic (exact) mass is 218 g/mol. The van der Waals surface area contributed by atoms with E-state index in [-0.39, 0.29) is 5.91 Å². The van der Waals surface area contributed by atoms with E-state index in [0.717, 1.165) is 6.42 Å².